The zero-order chi connectivity index (χ0) is 13.9. The summed E-state index contributed by atoms with van der Waals surface area (Å²) >= 11 is 0. The minimum absolute atomic E-state index is 0.0348. The number of aromatic nitrogens is 1. The Morgan fingerprint density at radius 3 is 3.05 bits per heavy atom. The average Bonchev–Trinajstić information content (AvgIpc) is 2.50. The molecule has 0 bridgehead atoms. The number of fused-ring (bicyclic) bond motifs is 1. The van der Waals surface area contributed by atoms with Crippen LogP contribution in [0.2, 0.25) is 0 Å². The molecule has 0 spiro atoms. The van der Waals surface area contributed by atoms with Crippen molar-refractivity contribution < 1.29 is 0 Å². The molecule has 2 aromatic rings. The van der Waals surface area contributed by atoms with Crippen molar-refractivity contribution in [2.24, 2.45) is 12.0 Å². The van der Waals surface area contributed by atoms with Crippen LogP contribution in [0.4, 0.5) is 0 Å². The fourth-order valence-corrected chi connectivity index (χ4v) is 2.45. The molecule has 20 heavy (non-hydrogen) atoms. The van der Waals surface area contributed by atoms with Crippen LogP contribution in [0.3, 0.4) is 0 Å². The first-order chi connectivity index (χ1) is 9.75. The van der Waals surface area contributed by atoms with Gasteiger partial charge in [0.25, 0.3) is 5.56 Å². The summed E-state index contributed by atoms with van der Waals surface area (Å²) in [7, 11) is 1.81. The Kier molecular flexibility index (Phi) is 3.41. The van der Waals surface area contributed by atoms with Crippen LogP contribution in [-0.4, -0.2) is 23.6 Å². The number of nitrogens with zero attached hydrogens (tertiary/aromatic N) is 2. The van der Waals surface area contributed by atoms with Gasteiger partial charge in [-0.05, 0) is 23.9 Å². The number of rotatable bonds is 2. The molecule has 5 heteroatoms. The molecule has 1 aliphatic rings. The van der Waals surface area contributed by atoms with Crippen LogP contribution in [0, 0.1) is 0 Å². The van der Waals surface area contributed by atoms with Crippen molar-refractivity contribution in [3.8, 4) is 0 Å². The number of pyridine rings is 1. The fraction of sp³-hybridized carbons (Fsp3) is 0.333. The van der Waals surface area contributed by atoms with Gasteiger partial charge in [0.1, 0.15) is 0 Å². The van der Waals surface area contributed by atoms with Gasteiger partial charge in [0.05, 0.1) is 5.52 Å². The maximum absolute atomic E-state index is 12.3. The van der Waals surface area contributed by atoms with Crippen molar-refractivity contribution in [3.05, 3.63) is 46.2 Å². The van der Waals surface area contributed by atoms with Crippen molar-refractivity contribution in [3.63, 3.8) is 0 Å². The lowest BCUT2D eigenvalue weighted by atomic mass is 10.1. The zero-order valence-electron chi connectivity index (χ0n) is 11.5. The molecule has 1 aliphatic heterocycles. The second-order valence-corrected chi connectivity index (χ2v) is 4.96. The third-order valence-corrected chi connectivity index (χ3v) is 3.55. The Balaban J connectivity index is 1.89. The number of guanidine groups is 1. The number of aliphatic imine (C=N–C) groups is 1. The van der Waals surface area contributed by atoms with E-state index in [-0.39, 0.29) is 5.56 Å². The number of benzene rings is 1. The fourth-order valence-electron chi connectivity index (χ4n) is 2.45. The van der Waals surface area contributed by atoms with Gasteiger partial charge in [-0.25, -0.2) is 0 Å². The van der Waals surface area contributed by atoms with Crippen LogP contribution >= 0.6 is 0 Å². The van der Waals surface area contributed by atoms with Gasteiger partial charge in [0.2, 0.25) is 0 Å². The summed E-state index contributed by atoms with van der Waals surface area (Å²) in [5.41, 5.74) is 1.74. The Hall–Kier alpha value is -2.30. The molecular formula is C15H18N4O. The molecule has 2 heterocycles. The zero-order valence-corrected chi connectivity index (χ0v) is 11.5. The van der Waals surface area contributed by atoms with Crippen molar-refractivity contribution >= 4 is 16.9 Å². The van der Waals surface area contributed by atoms with Gasteiger partial charge in [0.15, 0.2) is 5.96 Å². The molecule has 1 aromatic carbocycles. The van der Waals surface area contributed by atoms with Crippen LogP contribution in [0.1, 0.15) is 12.0 Å². The highest BCUT2D eigenvalue weighted by molar-refractivity contribution is 5.81. The quantitative estimate of drug-likeness (QED) is 0.855. The van der Waals surface area contributed by atoms with Crippen LogP contribution in [0.15, 0.2) is 40.1 Å². The third kappa shape index (κ3) is 2.39. The minimum Gasteiger partial charge on any atom is -0.356 e. The predicted octanol–water partition coefficient (Wildman–Crippen LogP) is 0.977. The highest BCUT2D eigenvalue weighted by atomic mass is 16.1. The molecule has 104 valence electrons. The molecule has 1 aromatic heterocycles. The van der Waals surface area contributed by atoms with Gasteiger partial charge >= 0.3 is 0 Å². The van der Waals surface area contributed by atoms with Gasteiger partial charge in [-0.15, -0.1) is 0 Å². The monoisotopic (exact) mass is 270 g/mol. The summed E-state index contributed by atoms with van der Waals surface area (Å²) < 4.78 is 1.70. The third-order valence-electron chi connectivity index (χ3n) is 3.55. The van der Waals surface area contributed by atoms with E-state index >= 15 is 0 Å². The lowest BCUT2D eigenvalue weighted by Gasteiger charge is -2.16. The normalized spacial score (nSPS) is 14.8. The summed E-state index contributed by atoms with van der Waals surface area (Å²) in [6, 6.07) is 9.86. The second-order valence-electron chi connectivity index (χ2n) is 4.96. The molecule has 2 N–H and O–H groups in total. The summed E-state index contributed by atoms with van der Waals surface area (Å²) in [4.78, 5) is 16.7. The largest absolute Gasteiger partial charge is 0.356 e. The van der Waals surface area contributed by atoms with Crippen molar-refractivity contribution in [1.82, 2.24) is 15.2 Å². The lowest BCUT2D eigenvalue weighted by molar-refractivity contribution is 0.699. The first-order valence-electron chi connectivity index (χ1n) is 6.85. The van der Waals surface area contributed by atoms with E-state index in [1.165, 1.54) is 0 Å². The van der Waals surface area contributed by atoms with Gasteiger partial charge in [-0.3, -0.25) is 9.79 Å². The molecule has 0 aliphatic carbocycles. The van der Waals surface area contributed by atoms with E-state index in [1.807, 2.05) is 37.4 Å². The van der Waals surface area contributed by atoms with Crippen LogP contribution in [0.25, 0.3) is 10.9 Å². The number of nitrogens with one attached hydrogen (secondary N) is 2. The Labute approximate surface area is 117 Å². The number of hydrogen-bond acceptors (Lipinski definition) is 4. The van der Waals surface area contributed by atoms with E-state index in [1.54, 1.807) is 4.57 Å². The standard InChI is InChI=1S/C15H18N4O/c1-19-13-6-3-2-5-11(13)9-12(14(19)20)10-18-15-16-7-4-8-17-15/h2-3,5-6,9H,4,7-8,10H2,1H3,(H2,16,17,18). The average molecular weight is 270 g/mol. The van der Waals surface area contributed by atoms with Crippen LogP contribution in [0.5, 0.6) is 0 Å². The highest BCUT2D eigenvalue weighted by Gasteiger charge is 2.08. The van der Waals surface area contributed by atoms with Gasteiger partial charge < -0.3 is 15.2 Å². The first-order valence-corrected chi connectivity index (χ1v) is 6.85. The minimum atomic E-state index is 0.0348. The smallest absolute Gasteiger partial charge is 0.255 e. The molecule has 0 unspecified atom stereocenters. The Morgan fingerprint density at radius 1 is 1.40 bits per heavy atom. The summed E-state index contributed by atoms with van der Waals surface area (Å²) in [6.07, 6.45) is 1.06. The molecule has 3 rings (SSSR count). The molecule has 5 nitrogen and oxygen atoms in total. The molecule has 0 atom stereocenters. The van der Waals surface area contributed by atoms with Crippen LogP contribution in [-0.2, 0) is 13.6 Å². The summed E-state index contributed by atoms with van der Waals surface area (Å²) in [5.74, 6) is 0.784. The number of hydrogen-bond donors (Lipinski definition) is 2. The second kappa shape index (κ2) is 5.36. The van der Waals surface area contributed by atoms with E-state index in [9.17, 15) is 4.79 Å². The van der Waals surface area contributed by atoms with E-state index in [0.717, 1.165) is 41.9 Å². The maximum atomic E-state index is 12.3. The maximum Gasteiger partial charge on any atom is 0.255 e. The highest BCUT2D eigenvalue weighted by Crippen LogP contribution is 2.12. The number of aryl methyl sites for hydroxylation is 1. The molecular weight excluding hydrogens is 252 g/mol. The van der Waals surface area contributed by atoms with Gasteiger partial charge in [-0.1, -0.05) is 18.2 Å². The molecule has 0 amide bonds. The predicted molar refractivity (Wildman–Crippen MR) is 81.0 cm³/mol. The van der Waals surface area contributed by atoms with E-state index in [2.05, 4.69) is 15.6 Å². The lowest BCUT2D eigenvalue weighted by Crippen LogP contribution is -2.41. The van der Waals surface area contributed by atoms with Gasteiger partial charge in [0, 0.05) is 32.2 Å². The summed E-state index contributed by atoms with van der Waals surface area (Å²) in [5, 5.41) is 7.46. The van der Waals surface area contributed by atoms with Gasteiger partial charge in [-0.2, -0.15) is 0 Å². The molecule has 0 saturated heterocycles. The van der Waals surface area contributed by atoms with E-state index in [4.69, 9.17) is 0 Å². The molecule has 0 radical (unpaired) electrons. The Bertz CT molecular complexity index is 717. The van der Waals surface area contributed by atoms with E-state index in [0.29, 0.717) is 6.54 Å². The SMILES string of the molecule is Cn1c(=O)c(CNC2=NCCCN2)cc2ccccc21. The van der Waals surface area contributed by atoms with Crippen molar-refractivity contribution in [1.29, 1.82) is 0 Å². The topological polar surface area (TPSA) is 58.4 Å². The Morgan fingerprint density at radius 2 is 2.25 bits per heavy atom. The van der Waals surface area contributed by atoms with E-state index < -0.39 is 0 Å². The molecule has 0 fully saturated rings. The molecule has 0 saturated carbocycles. The van der Waals surface area contributed by atoms with Crippen LogP contribution < -0.4 is 16.2 Å². The number of para-hydroxylation sites is 1. The van der Waals surface area contributed by atoms with Crippen molar-refractivity contribution in [2.45, 2.75) is 13.0 Å². The van der Waals surface area contributed by atoms with Crippen molar-refractivity contribution in [2.75, 3.05) is 13.1 Å². The first kappa shape index (κ1) is 12.7. The summed E-state index contributed by atoms with van der Waals surface area (Å²) in [6.45, 7) is 2.26.